The predicted molar refractivity (Wildman–Crippen MR) is 82.7 cm³/mol. The molecule has 0 aliphatic carbocycles. The maximum absolute atomic E-state index is 12.1. The molecule has 1 heterocycles. The first-order chi connectivity index (χ1) is 9.81. The van der Waals surface area contributed by atoms with E-state index >= 15 is 0 Å². The first kappa shape index (κ1) is 15.6. The van der Waals surface area contributed by atoms with Gasteiger partial charge >= 0.3 is 16.2 Å². The Bertz CT molecular complexity index is 613. The number of hydrogen-bond acceptors (Lipinski definition) is 3. The van der Waals surface area contributed by atoms with Gasteiger partial charge in [0.25, 0.3) is 0 Å². The lowest BCUT2D eigenvalue weighted by Crippen LogP contribution is -2.47. The van der Waals surface area contributed by atoms with Gasteiger partial charge in [0.15, 0.2) is 0 Å². The molecule has 0 radical (unpaired) electrons. The van der Waals surface area contributed by atoms with Gasteiger partial charge in [-0.05, 0) is 30.7 Å². The van der Waals surface area contributed by atoms with Crippen molar-refractivity contribution in [1.29, 1.82) is 0 Å². The van der Waals surface area contributed by atoms with E-state index in [0.717, 1.165) is 23.0 Å². The van der Waals surface area contributed by atoms with Crippen LogP contribution in [-0.2, 0) is 10.2 Å². The van der Waals surface area contributed by atoms with Crippen LogP contribution in [0, 0.1) is 0 Å². The van der Waals surface area contributed by atoms with E-state index in [2.05, 4.69) is 4.72 Å². The summed E-state index contributed by atoms with van der Waals surface area (Å²) in [6, 6.07) is 6.74. The first-order valence-electron chi connectivity index (χ1n) is 6.64. The van der Waals surface area contributed by atoms with Crippen molar-refractivity contribution in [2.75, 3.05) is 43.9 Å². The molecule has 0 bridgehead atoms. The molecular formula is C13H20N4O3S. The van der Waals surface area contributed by atoms with Crippen LogP contribution in [0.25, 0.3) is 0 Å². The maximum Gasteiger partial charge on any atom is 0.324 e. The number of anilines is 2. The Balaban J connectivity index is 2.14. The van der Waals surface area contributed by atoms with Crippen LogP contribution in [0.15, 0.2) is 24.3 Å². The zero-order valence-electron chi connectivity index (χ0n) is 12.4. The molecule has 0 unspecified atom stereocenters. The molecule has 0 spiro atoms. The molecule has 0 saturated carbocycles. The molecule has 1 aromatic carbocycles. The van der Waals surface area contributed by atoms with E-state index in [9.17, 15) is 13.2 Å². The zero-order chi connectivity index (χ0) is 15.6. The molecule has 8 heteroatoms. The summed E-state index contributed by atoms with van der Waals surface area (Å²) in [4.78, 5) is 15.4. The number of benzene rings is 1. The van der Waals surface area contributed by atoms with E-state index in [1.165, 1.54) is 14.1 Å². The topological polar surface area (TPSA) is 73.0 Å². The molecule has 1 fully saturated rings. The fourth-order valence-corrected chi connectivity index (χ4v) is 2.67. The van der Waals surface area contributed by atoms with Gasteiger partial charge < -0.3 is 4.90 Å². The van der Waals surface area contributed by atoms with Crippen molar-refractivity contribution >= 4 is 27.6 Å². The Hall–Kier alpha value is -1.80. The summed E-state index contributed by atoms with van der Waals surface area (Å²) in [6.07, 6.45) is 0.914. The Kier molecular flexibility index (Phi) is 4.38. The molecule has 0 aromatic heterocycles. The molecule has 7 nitrogen and oxygen atoms in total. The molecule has 1 aromatic rings. The van der Waals surface area contributed by atoms with Crippen molar-refractivity contribution in [3.05, 3.63) is 24.3 Å². The van der Waals surface area contributed by atoms with Gasteiger partial charge in [-0.25, -0.2) is 4.79 Å². The summed E-state index contributed by atoms with van der Waals surface area (Å²) < 4.78 is 27.0. The third-order valence-electron chi connectivity index (χ3n) is 3.34. The minimum Gasteiger partial charge on any atom is -0.327 e. The number of carbonyl (C=O) groups is 1. The van der Waals surface area contributed by atoms with E-state index in [1.807, 2.05) is 0 Å². The van der Waals surface area contributed by atoms with Crippen molar-refractivity contribution in [3.8, 4) is 0 Å². The average Bonchev–Trinajstić information content (AvgIpc) is 2.42. The second-order valence-corrected chi connectivity index (χ2v) is 7.03. The minimum atomic E-state index is -3.51. The zero-order valence-corrected chi connectivity index (χ0v) is 13.2. The standard InChI is InChI=1S/C13H20N4O3S/c1-15(2)21(19,20)14-11-5-7-12(8-6-11)17-10-4-9-16(3)13(17)18/h5-8,14H,4,9-10H2,1-3H3. The lowest BCUT2D eigenvalue weighted by Gasteiger charge is -2.33. The van der Waals surface area contributed by atoms with Crippen LogP contribution in [0.3, 0.4) is 0 Å². The minimum absolute atomic E-state index is 0.0390. The van der Waals surface area contributed by atoms with Gasteiger partial charge in [-0.3, -0.25) is 9.62 Å². The molecule has 116 valence electrons. The highest BCUT2D eigenvalue weighted by atomic mass is 32.2. The smallest absolute Gasteiger partial charge is 0.324 e. The Morgan fingerprint density at radius 2 is 1.76 bits per heavy atom. The third kappa shape index (κ3) is 3.45. The molecule has 1 saturated heterocycles. The Labute approximate surface area is 125 Å². The lowest BCUT2D eigenvalue weighted by atomic mass is 10.2. The van der Waals surface area contributed by atoms with Gasteiger partial charge in [0, 0.05) is 45.6 Å². The van der Waals surface area contributed by atoms with Gasteiger partial charge in [0.2, 0.25) is 0 Å². The van der Waals surface area contributed by atoms with Crippen molar-refractivity contribution < 1.29 is 13.2 Å². The summed E-state index contributed by atoms with van der Waals surface area (Å²) in [6.45, 7) is 1.43. The highest BCUT2D eigenvalue weighted by Crippen LogP contribution is 2.22. The van der Waals surface area contributed by atoms with Crippen molar-refractivity contribution in [3.63, 3.8) is 0 Å². The number of nitrogens with zero attached hydrogens (tertiary/aromatic N) is 3. The average molecular weight is 312 g/mol. The van der Waals surface area contributed by atoms with E-state index in [1.54, 1.807) is 41.1 Å². The summed E-state index contributed by atoms with van der Waals surface area (Å²) in [7, 11) is 1.17. The van der Waals surface area contributed by atoms with Gasteiger partial charge in [0.05, 0.1) is 0 Å². The summed E-state index contributed by atoms with van der Waals surface area (Å²) in [5, 5.41) is 0. The van der Waals surface area contributed by atoms with Crippen LogP contribution in [0.4, 0.5) is 16.2 Å². The van der Waals surface area contributed by atoms with E-state index < -0.39 is 10.2 Å². The first-order valence-corrected chi connectivity index (χ1v) is 8.08. The third-order valence-corrected chi connectivity index (χ3v) is 4.79. The second kappa shape index (κ2) is 5.90. The number of rotatable bonds is 4. The molecule has 1 aliphatic rings. The van der Waals surface area contributed by atoms with Gasteiger partial charge in [-0.1, -0.05) is 0 Å². The van der Waals surface area contributed by atoms with Crippen LogP contribution >= 0.6 is 0 Å². The van der Waals surface area contributed by atoms with Crippen LogP contribution in [0.2, 0.25) is 0 Å². The number of nitrogens with one attached hydrogen (secondary N) is 1. The molecule has 2 rings (SSSR count). The lowest BCUT2D eigenvalue weighted by molar-refractivity contribution is 0.207. The Morgan fingerprint density at radius 3 is 2.33 bits per heavy atom. The van der Waals surface area contributed by atoms with Crippen LogP contribution < -0.4 is 9.62 Å². The summed E-state index contributed by atoms with van der Waals surface area (Å²) in [5.74, 6) is 0. The summed E-state index contributed by atoms with van der Waals surface area (Å²) >= 11 is 0. The van der Waals surface area contributed by atoms with Crippen LogP contribution in [0.1, 0.15) is 6.42 Å². The monoisotopic (exact) mass is 312 g/mol. The second-order valence-electron chi connectivity index (χ2n) is 5.15. The number of carbonyl (C=O) groups excluding carboxylic acids is 1. The van der Waals surface area contributed by atoms with Crippen molar-refractivity contribution in [2.24, 2.45) is 0 Å². The van der Waals surface area contributed by atoms with Gasteiger partial charge in [0.1, 0.15) is 0 Å². The van der Waals surface area contributed by atoms with Gasteiger partial charge in [-0.2, -0.15) is 12.7 Å². The fraction of sp³-hybridized carbons (Fsp3) is 0.462. The molecule has 0 atom stereocenters. The molecular weight excluding hydrogens is 292 g/mol. The highest BCUT2D eigenvalue weighted by Gasteiger charge is 2.23. The largest absolute Gasteiger partial charge is 0.327 e. The number of hydrogen-bond donors (Lipinski definition) is 1. The van der Waals surface area contributed by atoms with Crippen molar-refractivity contribution in [2.45, 2.75) is 6.42 Å². The molecule has 1 N–H and O–H groups in total. The predicted octanol–water partition coefficient (Wildman–Crippen LogP) is 1.17. The SMILES string of the molecule is CN1CCCN(c2ccc(NS(=O)(=O)N(C)C)cc2)C1=O. The fourth-order valence-electron chi connectivity index (χ4n) is 2.05. The summed E-state index contributed by atoms with van der Waals surface area (Å²) in [5.41, 5.74) is 1.23. The number of urea groups is 1. The van der Waals surface area contributed by atoms with E-state index in [4.69, 9.17) is 0 Å². The van der Waals surface area contributed by atoms with Crippen molar-refractivity contribution in [1.82, 2.24) is 9.21 Å². The molecule has 2 amide bonds. The molecule has 21 heavy (non-hydrogen) atoms. The normalized spacial score (nSPS) is 16.5. The van der Waals surface area contributed by atoms with Crippen LogP contribution in [-0.4, -0.2) is 57.9 Å². The highest BCUT2D eigenvalue weighted by molar-refractivity contribution is 7.90. The van der Waals surface area contributed by atoms with Crippen LogP contribution in [0.5, 0.6) is 0 Å². The molecule has 1 aliphatic heterocycles. The number of amides is 2. The Morgan fingerprint density at radius 1 is 1.14 bits per heavy atom. The van der Waals surface area contributed by atoms with E-state index in [-0.39, 0.29) is 6.03 Å². The maximum atomic E-state index is 12.1. The quantitative estimate of drug-likeness (QED) is 0.907. The van der Waals surface area contributed by atoms with E-state index in [0.29, 0.717) is 12.2 Å². The van der Waals surface area contributed by atoms with Gasteiger partial charge in [-0.15, -0.1) is 0 Å².